The second-order valence-electron chi connectivity index (χ2n) is 12.3. The molecule has 0 radical (unpaired) electrons. The van der Waals surface area contributed by atoms with Crippen molar-refractivity contribution in [3.8, 4) is 33.8 Å². The van der Waals surface area contributed by atoms with Gasteiger partial charge in [0.05, 0.1) is 25.9 Å². The number of hydrogen-bond donors (Lipinski definition) is 2. The van der Waals surface area contributed by atoms with E-state index in [0.717, 1.165) is 30.6 Å². The number of benzene rings is 4. The van der Waals surface area contributed by atoms with Gasteiger partial charge in [0.1, 0.15) is 31.0 Å². The summed E-state index contributed by atoms with van der Waals surface area (Å²) in [6, 6.07) is 32.2. The molecule has 0 spiro atoms. The second kappa shape index (κ2) is 22.7. The van der Waals surface area contributed by atoms with Gasteiger partial charge in [-0.15, -0.1) is 0 Å². The molecule has 4 aromatic carbocycles. The fourth-order valence-corrected chi connectivity index (χ4v) is 5.35. The molecular weight excluding hydrogens is 640 g/mol. The van der Waals surface area contributed by atoms with Gasteiger partial charge in [-0.05, 0) is 88.9 Å². The summed E-state index contributed by atoms with van der Waals surface area (Å²) in [5.74, 6) is 0.989. The van der Waals surface area contributed by atoms with Gasteiger partial charge in [0.2, 0.25) is 0 Å². The van der Waals surface area contributed by atoms with Gasteiger partial charge in [0.25, 0.3) is 0 Å². The molecule has 0 saturated carbocycles. The van der Waals surface area contributed by atoms with Crippen LogP contribution in [-0.2, 0) is 33.6 Å². The van der Waals surface area contributed by atoms with E-state index in [9.17, 15) is 9.59 Å². The number of carbonyl (C=O) groups excluding carboxylic acids is 2. The minimum Gasteiger partial charge on any atom is -0.497 e. The first-order valence-electron chi connectivity index (χ1n) is 17.6. The number of aliphatic hydroxyl groups excluding tert-OH is 2. The number of hydrogen-bond acceptors (Lipinski definition) is 7. The number of aryl methyl sites for hydroxylation is 3. The Bertz CT molecular complexity index is 1660. The third kappa shape index (κ3) is 14.0. The standard InChI is InChI=1S/C40H46O5.C4H6O2/c1-4-5-6-7-8-9-36-28-35(33-16-12-31(13-17-33)10-11-32-14-21-37(43-3)22-15-32)20-25-39(36)34-18-23-38(24-19-34)44-26-27-45-40(42)30(2)29-41;1-4(2-5)3-6/h12-25,28,41H,2,4-11,26-27,29H2,1,3H3;2,6H,1,3H2. The molecule has 0 fully saturated rings. The molecule has 0 atom stereocenters. The lowest BCUT2D eigenvalue weighted by Crippen LogP contribution is -2.14. The number of unbranched alkanes of at least 4 members (excludes halogenated alkanes) is 4. The lowest BCUT2D eigenvalue weighted by molar-refractivity contribution is -0.140. The summed E-state index contributed by atoms with van der Waals surface area (Å²) >= 11 is 0. The van der Waals surface area contributed by atoms with Crippen molar-refractivity contribution in [3.05, 3.63) is 132 Å². The number of methoxy groups -OCH3 is 1. The second-order valence-corrected chi connectivity index (χ2v) is 12.3. The minimum absolute atomic E-state index is 0.0318. The summed E-state index contributed by atoms with van der Waals surface area (Å²) in [5, 5.41) is 17.0. The highest BCUT2D eigenvalue weighted by Gasteiger charge is 2.10. The van der Waals surface area contributed by atoms with E-state index in [4.69, 9.17) is 24.4 Å². The Morgan fingerprint density at radius 3 is 1.84 bits per heavy atom. The van der Waals surface area contributed by atoms with Crippen molar-refractivity contribution in [2.24, 2.45) is 0 Å². The van der Waals surface area contributed by atoms with Crippen LogP contribution in [0, 0.1) is 0 Å². The van der Waals surface area contributed by atoms with Crippen LogP contribution in [-0.4, -0.2) is 56.0 Å². The Kier molecular flexibility index (Phi) is 18.0. The van der Waals surface area contributed by atoms with Crippen LogP contribution in [0.15, 0.2) is 115 Å². The molecule has 7 heteroatoms. The van der Waals surface area contributed by atoms with Crippen LogP contribution >= 0.6 is 0 Å². The van der Waals surface area contributed by atoms with Crippen molar-refractivity contribution in [1.82, 2.24) is 0 Å². The molecule has 0 aliphatic rings. The number of ether oxygens (including phenoxy) is 3. The van der Waals surface area contributed by atoms with E-state index < -0.39 is 12.6 Å². The molecule has 270 valence electrons. The topological polar surface area (TPSA) is 102 Å². The Balaban J connectivity index is 0.00000107. The predicted octanol–water partition coefficient (Wildman–Crippen LogP) is 8.53. The monoisotopic (exact) mass is 692 g/mol. The first kappa shape index (κ1) is 40.4. The van der Waals surface area contributed by atoms with Gasteiger partial charge in [-0.2, -0.15) is 0 Å². The molecular formula is C44H52O7. The predicted molar refractivity (Wildman–Crippen MR) is 205 cm³/mol. The van der Waals surface area contributed by atoms with E-state index >= 15 is 0 Å². The fraction of sp³-hybridized carbons (Fsp3) is 0.318. The largest absolute Gasteiger partial charge is 0.497 e. The Morgan fingerprint density at radius 2 is 1.27 bits per heavy atom. The lowest BCUT2D eigenvalue weighted by Gasteiger charge is -2.14. The van der Waals surface area contributed by atoms with Gasteiger partial charge in [-0.3, -0.25) is 4.79 Å². The van der Waals surface area contributed by atoms with Crippen molar-refractivity contribution < 1.29 is 34.0 Å². The normalized spacial score (nSPS) is 10.4. The Hall–Kier alpha value is -4.98. The molecule has 0 heterocycles. The maximum absolute atomic E-state index is 11.6. The van der Waals surface area contributed by atoms with Gasteiger partial charge in [-0.25, -0.2) is 4.79 Å². The molecule has 0 aromatic heterocycles. The molecule has 2 N–H and O–H groups in total. The van der Waals surface area contributed by atoms with E-state index in [1.807, 2.05) is 24.3 Å². The molecule has 0 saturated heterocycles. The van der Waals surface area contributed by atoms with Gasteiger partial charge in [0, 0.05) is 5.57 Å². The van der Waals surface area contributed by atoms with E-state index in [-0.39, 0.29) is 31.0 Å². The minimum atomic E-state index is -0.609. The zero-order valence-electron chi connectivity index (χ0n) is 30.1. The van der Waals surface area contributed by atoms with E-state index in [1.54, 1.807) is 7.11 Å². The van der Waals surface area contributed by atoms with Crippen LogP contribution in [0.5, 0.6) is 11.5 Å². The maximum atomic E-state index is 11.6. The van der Waals surface area contributed by atoms with Crippen molar-refractivity contribution in [3.63, 3.8) is 0 Å². The summed E-state index contributed by atoms with van der Waals surface area (Å²) in [6.07, 6.45) is 9.78. The zero-order valence-corrected chi connectivity index (χ0v) is 30.1. The van der Waals surface area contributed by atoms with Gasteiger partial charge in [0.15, 0.2) is 0 Å². The molecule has 7 nitrogen and oxygen atoms in total. The van der Waals surface area contributed by atoms with E-state index in [2.05, 4.69) is 86.8 Å². The van der Waals surface area contributed by atoms with Crippen LogP contribution in [0.4, 0.5) is 0 Å². The Labute approximate surface area is 303 Å². The molecule has 0 aliphatic carbocycles. The van der Waals surface area contributed by atoms with Crippen LogP contribution in [0.2, 0.25) is 0 Å². The van der Waals surface area contributed by atoms with Crippen molar-refractivity contribution >= 4 is 12.3 Å². The number of esters is 1. The van der Waals surface area contributed by atoms with E-state index in [0.29, 0.717) is 12.0 Å². The molecule has 51 heavy (non-hydrogen) atoms. The smallest absolute Gasteiger partial charge is 0.335 e. The number of carbonyl (C=O) groups is 2. The summed E-state index contributed by atoms with van der Waals surface area (Å²) in [5.41, 5.74) is 9.11. The third-order valence-electron chi connectivity index (χ3n) is 8.40. The highest BCUT2D eigenvalue weighted by molar-refractivity contribution is 5.87. The van der Waals surface area contributed by atoms with Crippen LogP contribution < -0.4 is 9.47 Å². The third-order valence-corrected chi connectivity index (χ3v) is 8.40. The zero-order chi connectivity index (χ0) is 36.8. The summed E-state index contributed by atoms with van der Waals surface area (Å²) in [7, 11) is 1.70. The lowest BCUT2D eigenvalue weighted by atomic mass is 9.91. The van der Waals surface area contributed by atoms with Gasteiger partial charge < -0.3 is 24.4 Å². The first-order valence-corrected chi connectivity index (χ1v) is 17.6. The number of aldehydes is 1. The van der Waals surface area contributed by atoms with Gasteiger partial charge >= 0.3 is 5.97 Å². The van der Waals surface area contributed by atoms with Gasteiger partial charge in [-0.1, -0.05) is 112 Å². The molecule has 0 aliphatic heterocycles. The first-order chi connectivity index (χ1) is 24.8. The van der Waals surface area contributed by atoms with Crippen LogP contribution in [0.1, 0.15) is 55.7 Å². The summed E-state index contributed by atoms with van der Waals surface area (Å²) in [4.78, 5) is 21.1. The number of aliphatic hydroxyl groups is 2. The highest BCUT2D eigenvalue weighted by atomic mass is 16.6. The quantitative estimate of drug-likeness (QED) is 0.0414. The molecule has 4 aromatic rings. The van der Waals surface area contributed by atoms with Crippen molar-refractivity contribution in [2.75, 3.05) is 33.5 Å². The number of rotatable bonds is 20. The average molecular weight is 693 g/mol. The van der Waals surface area contributed by atoms with E-state index in [1.165, 1.54) is 65.5 Å². The van der Waals surface area contributed by atoms with Crippen molar-refractivity contribution in [1.29, 1.82) is 0 Å². The average Bonchev–Trinajstić information content (AvgIpc) is 3.18. The van der Waals surface area contributed by atoms with Crippen LogP contribution in [0.3, 0.4) is 0 Å². The highest BCUT2D eigenvalue weighted by Crippen LogP contribution is 2.32. The molecule has 4 rings (SSSR count). The molecule has 0 bridgehead atoms. The van der Waals surface area contributed by atoms with Crippen LogP contribution in [0.25, 0.3) is 22.3 Å². The molecule has 0 amide bonds. The van der Waals surface area contributed by atoms with Crippen molar-refractivity contribution in [2.45, 2.75) is 58.3 Å². The Morgan fingerprint density at radius 1 is 0.686 bits per heavy atom. The summed E-state index contributed by atoms with van der Waals surface area (Å²) < 4.78 is 16.1. The fourth-order valence-electron chi connectivity index (χ4n) is 5.35. The maximum Gasteiger partial charge on any atom is 0.335 e. The molecule has 0 unspecified atom stereocenters. The summed E-state index contributed by atoms with van der Waals surface area (Å²) in [6.45, 7) is 8.56. The SMILES string of the molecule is C=C(C=O)CO.C=C(CO)C(=O)OCCOc1ccc(-c2ccc(-c3ccc(CCc4ccc(OC)cc4)cc3)cc2CCCCCCC)cc1.